The van der Waals surface area contributed by atoms with E-state index in [1.54, 1.807) is 4.90 Å². The first-order valence-electron chi connectivity index (χ1n) is 9.96. The first-order valence-corrected chi connectivity index (χ1v) is 11.0. The number of nitrogens with two attached hydrogens (primary N) is 1. The van der Waals surface area contributed by atoms with Gasteiger partial charge in [-0.1, -0.05) is 19.1 Å². The van der Waals surface area contributed by atoms with Crippen LogP contribution in [0.2, 0.25) is 0 Å². The molecule has 2 rings (SSSR count). The molecule has 1 unspecified atom stereocenters. The van der Waals surface area contributed by atoms with Crippen LogP contribution in [0.4, 0.5) is 10.5 Å². The van der Waals surface area contributed by atoms with Crippen LogP contribution in [0.15, 0.2) is 29.2 Å². The summed E-state index contributed by atoms with van der Waals surface area (Å²) in [7, 11) is 0. The summed E-state index contributed by atoms with van der Waals surface area (Å²) < 4.78 is 0. The summed E-state index contributed by atoms with van der Waals surface area (Å²) in [4.78, 5) is 40.3. The predicted octanol–water partition coefficient (Wildman–Crippen LogP) is 1.72. The Morgan fingerprint density at radius 2 is 1.86 bits per heavy atom. The highest BCUT2D eigenvalue weighted by molar-refractivity contribution is 7.99. The van der Waals surface area contributed by atoms with E-state index in [0.29, 0.717) is 44.9 Å². The van der Waals surface area contributed by atoms with Crippen LogP contribution in [-0.2, 0) is 9.59 Å². The standard InChI is InChI=1S/C20H31N5O3S/c1-3-15(2)22-19(27)14-24-9-11-25(12-10-24)20(28)23-16-6-4-5-7-17(16)29-13-8-18(21)26/h4-7,15H,3,8-14H2,1-2H3,(H2,21,26)(H,22,27)(H,23,28). The molecule has 1 heterocycles. The average Bonchev–Trinajstić information content (AvgIpc) is 2.69. The number of nitrogens with zero attached hydrogens (tertiary/aromatic N) is 2. The lowest BCUT2D eigenvalue weighted by molar-refractivity contribution is -0.123. The number of benzene rings is 1. The van der Waals surface area contributed by atoms with Crippen molar-refractivity contribution in [1.82, 2.24) is 15.1 Å². The molecule has 1 aromatic rings. The Hall–Kier alpha value is -2.26. The van der Waals surface area contributed by atoms with Gasteiger partial charge in [-0.05, 0) is 25.5 Å². The largest absolute Gasteiger partial charge is 0.370 e. The van der Waals surface area contributed by atoms with E-state index < -0.39 is 0 Å². The van der Waals surface area contributed by atoms with Gasteiger partial charge in [0.15, 0.2) is 0 Å². The molecular weight excluding hydrogens is 390 g/mol. The lowest BCUT2D eigenvalue weighted by Crippen LogP contribution is -2.52. The van der Waals surface area contributed by atoms with Crippen molar-refractivity contribution in [1.29, 1.82) is 0 Å². The van der Waals surface area contributed by atoms with Gasteiger partial charge < -0.3 is 21.3 Å². The number of amides is 4. The van der Waals surface area contributed by atoms with Gasteiger partial charge in [0.25, 0.3) is 0 Å². The molecule has 0 radical (unpaired) electrons. The Morgan fingerprint density at radius 3 is 2.52 bits per heavy atom. The van der Waals surface area contributed by atoms with Crippen LogP contribution < -0.4 is 16.4 Å². The number of rotatable bonds is 9. The maximum Gasteiger partial charge on any atom is 0.321 e. The Labute approximate surface area is 176 Å². The van der Waals surface area contributed by atoms with Crippen LogP contribution in [0, 0.1) is 0 Å². The number of thioether (sulfide) groups is 1. The number of hydrogen-bond acceptors (Lipinski definition) is 5. The normalized spacial score (nSPS) is 15.6. The Balaban J connectivity index is 1.81. The highest BCUT2D eigenvalue weighted by Crippen LogP contribution is 2.27. The zero-order valence-corrected chi connectivity index (χ0v) is 18.0. The molecule has 1 saturated heterocycles. The third kappa shape index (κ3) is 7.94. The van der Waals surface area contributed by atoms with Crippen molar-refractivity contribution in [3.63, 3.8) is 0 Å². The third-order valence-electron chi connectivity index (χ3n) is 4.78. The molecule has 8 nitrogen and oxygen atoms in total. The van der Waals surface area contributed by atoms with Gasteiger partial charge in [-0.25, -0.2) is 4.79 Å². The number of carbonyl (C=O) groups excluding carboxylic acids is 3. The van der Waals surface area contributed by atoms with Gasteiger partial charge in [-0.3, -0.25) is 14.5 Å². The second-order valence-electron chi connectivity index (χ2n) is 7.13. The maximum absolute atomic E-state index is 12.6. The summed E-state index contributed by atoms with van der Waals surface area (Å²) in [6.45, 7) is 6.85. The molecule has 9 heteroatoms. The number of carbonyl (C=O) groups is 3. The molecule has 1 fully saturated rings. The van der Waals surface area contributed by atoms with Crippen LogP contribution in [0.3, 0.4) is 0 Å². The molecule has 1 aliphatic rings. The second kappa shape index (κ2) is 11.7. The quantitative estimate of drug-likeness (QED) is 0.526. The van der Waals surface area contributed by atoms with Crippen LogP contribution in [0.25, 0.3) is 0 Å². The first-order chi connectivity index (χ1) is 13.9. The fraction of sp³-hybridized carbons (Fsp3) is 0.550. The smallest absolute Gasteiger partial charge is 0.321 e. The van der Waals surface area contributed by atoms with Crippen molar-refractivity contribution >= 4 is 35.3 Å². The van der Waals surface area contributed by atoms with E-state index in [1.807, 2.05) is 38.1 Å². The molecule has 4 N–H and O–H groups in total. The molecule has 160 valence electrons. The van der Waals surface area contributed by atoms with E-state index in [1.165, 1.54) is 11.8 Å². The van der Waals surface area contributed by atoms with E-state index in [0.717, 1.165) is 17.0 Å². The minimum absolute atomic E-state index is 0.0270. The Morgan fingerprint density at radius 1 is 1.17 bits per heavy atom. The zero-order chi connectivity index (χ0) is 21.2. The van der Waals surface area contributed by atoms with Gasteiger partial charge in [-0.15, -0.1) is 11.8 Å². The number of para-hydroxylation sites is 1. The number of anilines is 1. The number of urea groups is 1. The van der Waals surface area contributed by atoms with Gasteiger partial charge in [0.05, 0.1) is 12.2 Å². The van der Waals surface area contributed by atoms with Crippen molar-refractivity contribution in [3.8, 4) is 0 Å². The van der Waals surface area contributed by atoms with E-state index in [4.69, 9.17) is 5.73 Å². The van der Waals surface area contributed by atoms with Crippen molar-refractivity contribution in [2.24, 2.45) is 5.73 Å². The lowest BCUT2D eigenvalue weighted by Gasteiger charge is -2.34. The maximum atomic E-state index is 12.6. The molecule has 1 aromatic carbocycles. The molecule has 0 aromatic heterocycles. The first kappa shape index (κ1) is 23.0. The fourth-order valence-corrected chi connectivity index (χ4v) is 3.86. The van der Waals surface area contributed by atoms with Crippen LogP contribution in [0.5, 0.6) is 0 Å². The van der Waals surface area contributed by atoms with Crippen molar-refractivity contribution in [3.05, 3.63) is 24.3 Å². The van der Waals surface area contributed by atoms with Crippen molar-refractivity contribution < 1.29 is 14.4 Å². The average molecular weight is 422 g/mol. The van der Waals surface area contributed by atoms with Crippen LogP contribution in [0.1, 0.15) is 26.7 Å². The molecule has 0 spiro atoms. The molecule has 0 aliphatic carbocycles. The number of nitrogens with one attached hydrogen (secondary N) is 2. The molecular formula is C20H31N5O3S. The van der Waals surface area contributed by atoms with Crippen molar-refractivity contribution in [2.45, 2.75) is 37.6 Å². The van der Waals surface area contributed by atoms with Gasteiger partial charge in [0.2, 0.25) is 11.8 Å². The molecule has 0 saturated carbocycles. The summed E-state index contributed by atoms with van der Waals surface area (Å²) in [5.41, 5.74) is 5.91. The van der Waals surface area contributed by atoms with E-state index >= 15 is 0 Å². The van der Waals surface area contributed by atoms with Gasteiger partial charge in [0.1, 0.15) is 0 Å². The van der Waals surface area contributed by atoms with E-state index in [-0.39, 0.29) is 23.9 Å². The number of hydrogen-bond donors (Lipinski definition) is 3. The van der Waals surface area contributed by atoms with Crippen LogP contribution in [-0.4, -0.2) is 72.2 Å². The highest BCUT2D eigenvalue weighted by atomic mass is 32.2. The number of piperazine rings is 1. The van der Waals surface area contributed by atoms with Gasteiger partial charge in [0, 0.05) is 49.3 Å². The zero-order valence-electron chi connectivity index (χ0n) is 17.1. The number of primary amides is 1. The van der Waals surface area contributed by atoms with Crippen molar-refractivity contribution in [2.75, 3.05) is 43.8 Å². The Bertz CT molecular complexity index is 707. The summed E-state index contributed by atoms with van der Waals surface area (Å²) in [5, 5.41) is 5.93. The lowest BCUT2D eigenvalue weighted by atomic mass is 10.2. The summed E-state index contributed by atoms with van der Waals surface area (Å²) >= 11 is 1.49. The highest BCUT2D eigenvalue weighted by Gasteiger charge is 2.23. The molecule has 0 bridgehead atoms. The second-order valence-corrected chi connectivity index (χ2v) is 8.27. The Kier molecular flexibility index (Phi) is 9.27. The van der Waals surface area contributed by atoms with E-state index in [9.17, 15) is 14.4 Å². The third-order valence-corrected chi connectivity index (χ3v) is 5.86. The molecule has 1 atom stereocenters. The minimum Gasteiger partial charge on any atom is -0.370 e. The van der Waals surface area contributed by atoms with Crippen LogP contribution >= 0.6 is 11.8 Å². The monoisotopic (exact) mass is 421 g/mol. The van der Waals surface area contributed by atoms with E-state index in [2.05, 4.69) is 15.5 Å². The molecule has 4 amide bonds. The summed E-state index contributed by atoms with van der Waals surface area (Å²) in [5.74, 6) is 0.258. The molecule has 29 heavy (non-hydrogen) atoms. The predicted molar refractivity (Wildman–Crippen MR) is 116 cm³/mol. The topological polar surface area (TPSA) is 108 Å². The van der Waals surface area contributed by atoms with Gasteiger partial charge >= 0.3 is 6.03 Å². The minimum atomic E-state index is -0.338. The fourth-order valence-electron chi connectivity index (χ4n) is 2.89. The van der Waals surface area contributed by atoms with Gasteiger partial charge in [-0.2, -0.15) is 0 Å². The SMILES string of the molecule is CCC(C)NC(=O)CN1CCN(C(=O)Nc2ccccc2SCCC(N)=O)CC1. The summed E-state index contributed by atoms with van der Waals surface area (Å²) in [6, 6.07) is 7.54. The summed E-state index contributed by atoms with van der Waals surface area (Å²) in [6.07, 6.45) is 1.20. The molecule has 1 aliphatic heterocycles.